The van der Waals surface area contributed by atoms with Crippen LogP contribution in [0.15, 0.2) is 12.2 Å². The van der Waals surface area contributed by atoms with Gasteiger partial charge in [-0.3, -0.25) is 0 Å². The zero-order valence-electron chi connectivity index (χ0n) is 17.8. The molecule has 1 aliphatic heterocycles. The van der Waals surface area contributed by atoms with Gasteiger partial charge in [-0.15, -0.1) is 0 Å². The fourth-order valence-corrected chi connectivity index (χ4v) is 6.07. The largest absolute Gasteiger partial charge is 0.328 e. The fraction of sp³-hybridized carbons (Fsp3) is 0.913. The van der Waals surface area contributed by atoms with E-state index in [2.05, 4.69) is 71.2 Å². The average molecular weight is 398 g/mol. The lowest BCUT2D eigenvalue weighted by Crippen LogP contribution is -2.28. The minimum Gasteiger partial charge on any atom is -0.328 e. The van der Waals surface area contributed by atoms with Crippen molar-refractivity contribution in [2.75, 3.05) is 11.5 Å². The van der Waals surface area contributed by atoms with Gasteiger partial charge in [0, 0.05) is 17.0 Å². The second-order valence-corrected chi connectivity index (χ2v) is 11.5. The van der Waals surface area contributed by atoms with Crippen LogP contribution in [0.5, 0.6) is 0 Å². The van der Waals surface area contributed by atoms with Gasteiger partial charge in [0.25, 0.3) is 0 Å². The topological polar surface area (TPSA) is 26.0 Å². The summed E-state index contributed by atoms with van der Waals surface area (Å²) in [4.78, 5) is 0. The summed E-state index contributed by atoms with van der Waals surface area (Å²) in [5.41, 5.74) is 6.74. The van der Waals surface area contributed by atoms with Gasteiger partial charge < -0.3 is 5.73 Å². The molecule has 1 heterocycles. The van der Waals surface area contributed by atoms with Crippen LogP contribution in [0.4, 0.5) is 0 Å². The molecule has 2 aliphatic rings. The van der Waals surface area contributed by atoms with E-state index in [0.29, 0.717) is 23.3 Å². The summed E-state index contributed by atoms with van der Waals surface area (Å²) in [5.74, 6) is 6.21. The molecule has 0 bridgehead atoms. The first-order valence-corrected chi connectivity index (χ1v) is 12.6. The van der Waals surface area contributed by atoms with Crippen LogP contribution in [-0.4, -0.2) is 22.8 Å². The van der Waals surface area contributed by atoms with Gasteiger partial charge in [-0.05, 0) is 79.8 Å². The molecule has 1 nitrogen and oxygen atoms in total. The molecule has 2 rings (SSSR count). The minimum absolute atomic E-state index is 0.333. The second kappa shape index (κ2) is 10.3. The molecule has 0 aromatic heterocycles. The van der Waals surface area contributed by atoms with Crippen molar-refractivity contribution >= 4 is 24.4 Å². The molecule has 0 amide bonds. The summed E-state index contributed by atoms with van der Waals surface area (Å²) in [6, 6.07) is 0.333. The highest BCUT2D eigenvalue weighted by Crippen LogP contribution is 2.51. The number of rotatable bonds is 11. The first kappa shape index (κ1) is 22.7. The smallest absolute Gasteiger partial charge is 0.0141 e. The van der Waals surface area contributed by atoms with Gasteiger partial charge in [0.1, 0.15) is 0 Å². The number of hydrogen-bond donors (Lipinski definition) is 2. The summed E-state index contributed by atoms with van der Waals surface area (Å²) in [6.45, 7) is 11.9. The van der Waals surface area contributed by atoms with E-state index in [1.54, 1.807) is 0 Å². The Morgan fingerprint density at radius 2 is 2.00 bits per heavy atom. The van der Waals surface area contributed by atoms with E-state index in [1.807, 2.05) is 0 Å². The lowest BCUT2D eigenvalue weighted by Gasteiger charge is -2.26. The Morgan fingerprint density at radius 1 is 1.31 bits per heavy atom. The van der Waals surface area contributed by atoms with E-state index < -0.39 is 0 Å². The SMILES string of the molecule is CCC1C(/C=C/CC(CS)CCC(CC2CS2)C(C)N)CC(C)(C)C1C. The van der Waals surface area contributed by atoms with Crippen LogP contribution in [0.1, 0.15) is 73.1 Å². The van der Waals surface area contributed by atoms with Crippen molar-refractivity contribution in [3.05, 3.63) is 12.2 Å². The Bertz CT molecular complexity index is 441. The predicted molar refractivity (Wildman–Crippen MR) is 123 cm³/mol. The van der Waals surface area contributed by atoms with Gasteiger partial charge in [0.2, 0.25) is 0 Å². The molecule has 0 aromatic rings. The van der Waals surface area contributed by atoms with Crippen molar-refractivity contribution in [2.24, 2.45) is 40.7 Å². The number of thiol groups is 1. The van der Waals surface area contributed by atoms with Gasteiger partial charge in [-0.1, -0.05) is 46.3 Å². The second-order valence-electron chi connectivity index (χ2n) is 9.82. The van der Waals surface area contributed by atoms with Gasteiger partial charge in [-0.2, -0.15) is 24.4 Å². The van der Waals surface area contributed by atoms with E-state index >= 15 is 0 Å². The Kier molecular flexibility index (Phi) is 8.95. The lowest BCUT2D eigenvalue weighted by molar-refractivity contribution is 0.234. The quantitative estimate of drug-likeness (QED) is 0.238. The maximum absolute atomic E-state index is 6.25. The molecule has 26 heavy (non-hydrogen) atoms. The van der Waals surface area contributed by atoms with Crippen LogP contribution in [-0.2, 0) is 0 Å². The number of allylic oxidation sites excluding steroid dienone is 2. The number of thioether (sulfide) groups is 1. The maximum Gasteiger partial charge on any atom is 0.0141 e. The van der Waals surface area contributed by atoms with Crippen molar-refractivity contribution in [2.45, 2.75) is 84.4 Å². The Morgan fingerprint density at radius 3 is 2.54 bits per heavy atom. The molecule has 1 aliphatic carbocycles. The number of nitrogens with two attached hydrogens (primary N) is 1. The van der Waals surface area contributed by atoms with Gasteiger partial charge in [-0.25, -0.2) is 0 Å². The van der Waals surface area contributed by atoms with Crippen LogP contribution in [0.25, 0.3) is 0 Å². The Labute approximate surface area is 173 Å². The van der Waals surface area contributed by atoms with Crippen LogP contribution in [0.3, 0.4) is 0 Å². The standard InChI is InChI=1S/C23H43NS2/c1-6-22-16(2)23(4,5)13-20(22)9-7-8-18(14-25)10-11-19(17(3)24)12-21-15-26-21/h7,9,16-22,25H,6,8,10-15,24H2,1-5H3/b9-7+. The third-order valence-electron chi connectivity index (χ3n) is 7.43. The van der Waals surface area contributed by atoms with Gasteiger partial charge in [0.15, 0.2) is 0 Å². The summed E-state index contributed by atoms with van der Waals surface area (Å²) in [7, 11) is 0. The fourth-order valence-electron chi connectivity index (χ4n) is 5.08. The van der Waals surface area contributed by atoms with Crippen LogP contribution in [0, 0.1) is 35.0 Å². The molecule has 3 heteroatoms. The molecule has 0 radical (unpaired) electrons. The van der Waals surface area contributed by atoms with Gasteiger partial charge >= 0.3 is 0 Å². The van der Waals surface area contributed by atoms with E-state index in [1.165, 1.54) is 44.3 Å². The monoisotopic (exact) mass is 397 g/mol. The molecule has 2 N–H and O–H groups in total. The zero-order valence-corrected chi connectivity index (χ0v) is 19.5. The molecular weight excluding hydrogens is 354 g/mol. The van der Waals surface area contributed by atoms with E-state index in [4.69, 9.17) is 5.73 Å². The van der Waals surface area contributed by atoms with Crippen molar-refractivity contribution in [3.8, 4) is 0 Å². The average Bonchev–Trinajstić information content (AvgIpc) is 3.36. The highest BCUT2D eigenvalue weighted by molar-refractivity contribution is 8.06. The first-order chi connectivity index (χ1) is 12.3. The maximum atomic E-state index is 6.25. The molecule has 0 aromatic carbocycles. The Hall–Kier alpha value is 0.400. The highest BCUT2D eigenvalue weighted by atomic mass is 32.2. The van der Waals surface area contributed by atoms with Crippen LogP contribution < -0.4 is 5.73 Å². The van der Waals surface area contributed by atoms with E-state index in [9.17, 15) is 0 Å². The molecule has 1 saturated heterocycles. The van der Waals surface area contributed by atoms with Crippen molar-refractivity contribution in [3.63, 3.8) is 0 Å². The Balaban J connectivity index is 1.80. The molecule has 7 unspecified atom stereocenters. The first-order valence-electron chi connectivity index (χ1n) is 10.9. The van der Waals surface area contributed by atoms with Crippen LogP contribution in [0.2, 0.25) is 0 Å². The van der Waals surface area contributed by atoms with Crippen molar-refractivity contribution < 1.29 is 0 Å². The molecule has 0 spiro atoms. The summed E-state index contributed by atoms with van der Waals surface area (Å²) < 4.78 is 0. The summed E-state index contributed by atoms with van der Waals surface area (Å²) in [6.07, 6.45) is 12.8. The van der Waals surface area contributed by atoms with E-state index in [-0.39, 0.29) is 0 Å². The summed E-state index contributed by atoms with van der Waals surface area (Å²) in [5, 5.41) is 0.902. The summed E-state index contributed by atoms with van der Waals surface area (Å²) >= 11 is 6.75. The third-order valence-corrected chi connectivity index (χ3v) is 8.94. The lowest BCUT2D eigenvalue weighted by atomic mass is 9.79. The highest BCUT2D eigenvalue weighted by Gasteiger charge is 2.43. The van der Waals surface area contributed by atoms with E-state index in [0.717, 1.165) is 28.8 Å². The molecule has 152 valence electrons. The third kappa shape index (κ3) is 6.48. The normalized spacial score (nSPS) is 34.1. The van der Waals surface area contributed by atoms with Gasteiger partial charge in [0.05, 0.1) is 0 Å². The predicted octanol–water partition coefficient (Wildman–Crippen LogP) is 6.44. The van der Waals surface area contributed by atoms with Crippen molar-refractivity contribution in [1.82, 2.24) is 0 Å². The zero-order chi connectivity index (χ0) is 19.3. The molecule has 1 saturated carbocycles. The molecular formula is C23H43NS2. The minimum atomic E-state index is 0.333. The van der Waals surface area contributed by atoms with Crippen molar-refractivity contribution in [1.29, 1.82) is 0 Å². The number of hydrogen-bond acceptors (Lipinski definition) is 3. The van der Waals surface area contributed by atoms with Crippen LogP contribution >= 0.6 is 24.4 Å². The molecule has 7 atom stereocenters. The molecule has 2 fully saturated rings.